The largest absolute Gasteiger partial charge is 0.506 e. The van der Waals surface area contributed by atoms with Gasteiger partial charge in [0.05, 0.1) is 12.8 Å². The molecule has 0 spiro atoms. The number of aryl methyl sites for hydroxylation is 1. The highest BCUT2D eigenvalue weighted by atomic mass is 16.5. The Morgan fingerprint density at radius 2 is 1.91 bits per heavy atom. The van der Waals surface area contributed by atoms with Crippen LogP contribution in [-0.2, 0) is 6.42 Å². The van der Waals surface area contributed by atoms with Gasteiger partial charge in [-0.3, -0.25) is 0 Å². The van der Waals surface area contributed by atoms with E-state index in [2.05, 4.69) is 10.6 Å². The summed E-state index contributed by atoms with van der Waals surface area (Å²) in [6, 6.07) is 12.4. The second kappa shape index (κ2) is 7.36. The lowest BCUT2D eigenvalue weighted by Gasteiger charge is -2.10. The summed E-state index contributed by atoms with van der Waals surface area (Å²) >= 11 is 0. The standard InChI is InChI=1S/C17H20N2O3/c1-12-3-8-16(20)15(11-12)19-17(21)18-10-9-13-4-6-14(22-2)7-5-13/h3-8,11,20H,9-10H2,1-2H3,(H2,18,19,21). The third-order valence-electron chi connectivity index (χ3n) is 3.26. The Bertz CT molecular complexity index is 639. The number of phenolic OH excluding ortho intramolecular Hbond substituents is 1. The van der Waals surface area contributed by atoms with Gasteiger partial charge in [-0.2, -0.15) is 0 Å². The van der Waals surface area contributed by atoms with Crippen molar-refractivity contribution in [3.05, 3.63) is 53.6 Å². The van der Waals surface area contributed by atoms with Gasteiger partial charge in [0.15, 0.2) is 0 Å². The minimum absolute atomic E-state index is 0.0518. The van der Waals surface area contributed by atoms with Crippen LogP contribution in [0, 0.1) is 6.92 Å². The average molecular weight is 300 g/mol. The summed E-state index contributed by atoms with van der Waals surface area (Å²) in [5.41, 5.74) is 2.48. The van der Waals surface area contributed by atoms with Gasteiger partial charge in [0.2, 0.25) is 0 Å². The second-order valence-electron chi connectivity index (χ2n) is 5.00. The van der Waals surface area contributed by atoms with Crippen molar-refractivity contribution in [2.75, 3.05) is 19.0 Å². The van der Waals surface area contributed by atoms with Gasteiger partial charge in [0.25, 0.3) is 0 Å². The molecular formula is C17H20N2O3. The number of urea groups is 1. The number of carbonyl (C=O) groups is 1. The van der Waals surface area contributed by atoms with Gasteiger partial charge in [-0.25, -0.2) is 4.79 Å². The molecule has 0 aliphatic carbocycles. The maximum Gasteiger partial charge on any atom is 0.319 e. The number of nitrogens with one attached hydrogen (secondary N) is 2. The normalized spacial score (nSPS) is 10.1. The molecular weight excluding hydrogens is 280 g/mol. The van der Waals surface area contributed by atoms with E-state index in [-0.39, 0.29) is 11.8 Å². The summed E-state index contributed by atoms with van der Waals surface area (Å²) in [5.74, 6) is 0.861. The molecule has 5 heteroatoms. The highest BCUT2D eigenvalue weighted by Gasteiger charge is 2.06. The lowest BCUT2D eigenvalue weighted by molar-refractivity contribution is 0.252. The Morgan fingerprint density at radius 1 is 1.18 bits per heavy atom. The van der Waals surface area contributed by atoms with Crippen molar-refractivity contribution in [2.24, 2.45) is 0 Å². The molecule has 2 aromatic carbocycles. The molecule has 0 bridgehead atoms. The van der Waals surface area contributed by atoms with Gasteiger partial charge in [-0.15, -0.1) is 0 Å². The van der Waals surface area contributed by atoms with Crippen LogP contribution in [0.3, 0.4) is 0 Å². The average Bonchev–Trinajstić information content (AvgIpc) is 2.51. The number of amides is 2. The van der Waals surface area contributed by atoms with Crippen LogP contribution in [0.5, 0.6) is 11.5 Å². The first-order chi connectivity index (χ1) is 10.6. The van der Waals surface area contributed by atoms with Gasteiger partial charge >= 0.3 is 6.03 Å². The number of hydrogen-bond donors (Lipinski definition) is 3. The minimum Gasteiger partial charge on any atom is -0.506 e. The van der Waals surface area contributed by atoms with Crippen molar-refractivity contribution < 1.29 is 14.6 Å². The third-order valence-corrected chi connectivity index (χ3v) is 3.26. The third kappa shape index (κ3) is 4.41. The molecule has 0 heterocycles. The zero-order valence-electron chi connectivity index (χ0n) is 12.7. The fraction of sp³-hybridized carbons (Fsp3) is 0.235. The number of methoxy groups -OCH3 is 1. The maximum absolute atomic E-state index is 11.8. The smallest absolute Gasteiger partial charge is 0.319 e. The predicted molar refractivity (Wildman–Crippen MR) is 86.6 cm³/mol. The lowest BCUT2D eigenvalue weighted by atomic mass is 10.1. The number of aromatic hydroxyl groups is 1. The topological polar surface area (TPSA) is 70.6 Å². The molecule has 2 rings (SSSR count). The number of rotatable bonds is 5. The second-order valence-corrected chi connectivity index (χ2v) is 5.00. The molecule has 116 valence electrons. The summed E-state index contributed by atoms with van der Waals surface area (Å²) in [5, 5.41) is 15.1. The number of benzene rings is 2. The van der Waals surface area contributed by atoms with E-state index < -0.39 is 0 Å². The van der Waals surface area contributed by atoms with Crippen molar-refractivity contribution in [1.82, 2.24) is 5.32 Å². The molecule has 0 fully saturated rings. The first-order valence-corrected chi connectivity index (χ1v) is 7.06. The number of phenols is 1. The molecule has 2 aromatic rings. The van der Waals surface area contributed by atoms with E-state index >= 15 is 0 Å². The zero-order chi connectivity index (χ0) is 15.9. The van der Waals surface area contributed by atoms with Crippen LogP contribution in [0.25, 0.3) is 0 Å². The van der Waals surface area contributed by atoms with Gasteiger partial charge in [-0.1, -0.05) is 18.2 Å². The molecule has 2 amide bonds. The van der Waals surface area contributed by atoms with E-state index in [0.29, 0.717) is 12.2 Å². The fourth-order valence-electron chi connectivity index (χ4n) is 2.03. The molecule has 3 N–H and O–H groups in total. The van der Waals surface area contributed by atoms with E-state index in [1.807, 2.05) is 31.2 Å². The van der Waals surface area contributed by atoms with Crippen LogP contribution in [-0.4, -0.2) is 24.8 Å². The van der Waals surface area contributed by atoms with Gasteiger partial charge in [0.1, 0.15) is 11.5 Å². The van der Waals surface area contributed by atoms with Crippen molar-refractivity contribution in [2.45, 2.75) is 13.3 Å². The Kier molecular flexibility index (Phi) is 5.25. The molecule has 22 heavy (non-hydrogen) atoms. The molecule has 0 saturated heterocycles. The Labute approximate surface area is 129 Å². The SMILES string of the molecule is COc1ccc(CCNC(=O)Nc2cc(C)ccc2O)cc1. The molecule has 0 aromatic heterocycles. The van der Waals surface area contributed by atoms with E-state index in [9.17, 15) is 9.90 Å². The van der Waals surface area contributed by atoms with E-state index in [1.165, 1.54) is 0 Å². The molecule has 0 unspecified atom stereocenters. The summed E-state index contributed by atoms with van der Waals surface area (Å²) in [6.45, 7) is 2.40. The quantitative estimate of drug-likeness (QED) is 0.743. The van der Waals surface area contributed by atoms with Crippen LogP contribution in [0.4, 0.5) is 10.5 Å². The van der Waals surface area contributed by atoms with Crippen LogP contribution >= 0.6 is 0 Å². The van der Waals surface area contributed by atoms with Crippen LogP contribution < -0.4 is 15.4 Å². The van der Waals surface area contributed by atoms with Crippen LogP contribution in [0.1, 0.15) is 11.1 Å². The van der Waals surface area contributed by atoms with Crippen molar-refractivity contribution in [3.8, 4) is 11.5 Å². The summed E-state index contributed by atoms with van der Waals surface area (Å²) in [7, 11) is 1.63. The number of hydrogen-bond acceptors (Lipinski definition) is 3. The predicted octanol–water partition coefficient (Wildman–Crippen LogP) is 3.07. The van der Waals surface area contributed by atoms with Crippen molar-refractivity contribution >= 4 is 11.7 Å². The molecule has 0 aliphatic rings. The summed E-state index contributed by atoms with van der Waals surface area (Å²) in [6.07, 6.45) is 0.719. The summed E-state index contributed by atoms with van der Waals surface area (Å²) in [4.78, 5) is 11.8. The van der Waals surface area contributed by atoms with Crippen LogP contribution in [0.2, 0.25) is 0 Å². The Hall–Kier alpha value is -2.69. The van der Waals surface area contributed by atoms with Gasteiger partial charge < -0.3 is 20.5 Å². The number of anilines is 1. The van der Waals surface area contributed by atoms with Gasteiger partial charge in [-0.05, 0) is 48.7 Å². The van der Waals surface area contributed by atoms with E-state index in [0.717, 1.165) is 23.3 Å². The first-order valence-electron chi connectivity index (χ1n) is 7.06. The lowest BCUT2D eigenvalue weighted by Crippen LogP contribution is -2.30. The van der Waals surface area contributed by atoms with Crippen molar-refractivity contribution in [3.63, 3.8) is 0 Å². The number of ether oxygens (including phenoxy) is 1. The van der Waals surface area contributed by atoms with E-state index in [1.54, 1.807) is 25.3 Å². The molecule has 0 radical (unpaired) electrons. The first kappa shape index (κ1) is 15.7. The van der Waals surface area contributed by atoms with Gasteiger partial charge in [0, 0.05) is 6.54 Å². The minimum atomic E-state index is -0.339. The summed E-state index contributed by atoms with van der Waals surface area (Å²) < 4.78 is 5.10. The molecule has 0 atom stereocenters. The number of carbonyl (C=O) groups excluding carboxylic acids is 1. The van der Waals surface area contributed by atoms with Crippen LogP contribution in [0.15, 0.2) is 42.5 Å². The van der Waals surface area contributed by atoms with E-state index in [4.69, 9.17) is 4.74 Å². The maximum atomic E-state index is 11.8. The highest BCUT2D eigenvalue weighted by Crippen LogP contribution is 2.23. The van der Waals surface area contributed by atoms with Crippen molar-refractivity contribution in [1.29, 1.82) is 0 Å². The molecule has 5 nitrogen and oxygen atoms in total. The monoisotopic (exact) mass is 300 g/mol. The Morgan fingerprint density at radius 3 is 2.59 bits per heavy atom. The zero-order valence-corrected chi connectivity index (χ0v) is 12.7. The molecule has 0 aliphatic heterocycles. The molecule has 0 saturated carbocycles. The highest BCUT2D eigenvalue weighted by molar-refractivity contribution is 5.90. The fourth-order valence-corrected chi connectivity index (χ4v) is 2.03. The Balaban J connectivity index is 1.81.